The Hall–Kier alpha value is -2.12. The van der Waals surface area contributed by atoms with Crippen LogP contribution in [0.1, 0.15) is 26.3 Å². The van der Waals surface area contributed by atoms with Gasteiger partial charge in [0.1, 0.15) is 11.9 Å². The molecule has 0 spiro atoms. The number of anilines is 1. The molecule has 2 heterocycles. The van der Waals surface area contributed by atoms with E-state index >= 15 is 0 Å². The zero-order valence-corrected chi connectivity index (χ0v) is 12.6. The van der Waals surface area contributed by atoms with E-state index in [0.717, 1.165) is 29.8 Å². The van der Waals surface area contributed by atoms with Crippen molar-refractivity contribution in [3.63, 3.8) is 0 Å². The summed E-state index contributed by atoms with van der Waals surface area (Å²) < 4.78 is 5.93. The standard InChI is InChI=1S/C17H19N3O/c1-12-10-20(11-17(2,3)21-12)16-14(9-18)8-13-6-4-5-7-15(13)19-16/h4-8,12H,10-11H2,1-3H3. The first-order chi connectivity index (χ1) is 9.98. The van der Waals surface area contributed by atoms with Gasteiger partial charge in [-0.2, -0.15) is 5.26 Å². The minimum absolute atomic E-state index is 0.119. The molecule has 1 aliphatic heterocycles. The third-order valence-electron chi connectivity index (χ3n) is 3.69. The number of ether oxygens (including phenoxy) is 1. The van der Waals surface area contributed by atoms with E-state index in [1.54, 1.807) is 0 Å². The molecule has 0 N–H and O–H groups in total. The highest BCUT2D eigenvalue weighted by atomic mass is 16.5. The number of morpholine rings is 1. The van der Waals surface area contributed by atoms with Gasteiger partial charge < -0.3 is 9.64 Å². The molecule has 1 unspecified atom stereocenters. The summed E-state index contributed by atoms with van der Waals surface area (Å²) in [5, 5.41) is 10.5. The normalized spacial score (nSPS) is 21.2. The topological polar surface area (TPSA) is 49.2 Å². The lowest BCUT2D eigenvalue weighted by molar-refractivity contribution is -0.0751. The minimum atomic E-state index is -0.238. The highest BCUT2D eigenvalue weighted by molar-refractivity contribution is 5.83. The Morgan fingerprint density at radius 1 is 1.38 bits per heavy atom. The molecule has 0 amide bonds. The SMILES string of the molecule is CC1CN(c2nc3ccccc3cc2C#N)CC(C)(C)O1. The van der Waals surface area contributed by atoms with Crippen molar-refractivity contribution < 1.29 is 4.74 Å². The number of hydrogen-bond acceptors (Lipinski definition) is 4. The molecule has 1 atom stereocenters. The van der Waals surface area contributed by atoms with Crippen molar-refractivity contribution >= 4 is 16.7 Å². The highest BCUT2D eigenvalue weighted by Crippen LogP contribution is 2.29. The van der Waals surface area contributed by atoms with E-state index in [9.17, 15) is 5.26 Å². The maximum atomic E-state index is 9.46. The van der Waals surface area contributed by atoms with Crippen LogP contribution in [0.3, 0.4) is 0 Å². The smallest absolute Gasteiger partial charge is 0.147 e. The molecule has 0 bridgehead atoms. The summed E-state index contributed by atoms with van der Waals surface area (Å²) in [4.78, 5) is 6.88. The Bertz CT molecular complexity index is 718. The Kier molecular flexibility index (Phi) is 3.30. The molecular formula is C17H19N3O. The maximum Gasteiger partial charge on any atom is 0.147 e. The van der Waals surface area contributed by atoms with Crippen LogP contribution in [0.15, 0.2) is 30.3 Å². The van der Waals surface area contributed by atoms with Crippen LogP contribution in [0.2, 0.25) is 0 Å². The van der Waals surface area contributed by atoms with Gasteiger partial charge in [0.15, 0.2) is 0 Å². The summed E-state index contributed by atoms with van der Waals surface area (Å²) in [7, 11) is 0. The molecule has 2 aromatic rings. The average Bonchev–Trinajstić information content (AvgIpc) is 2.43. The second kappa shape index (κ2) is 5.01. The van der Waals surface area contributed by atoms with Gasteiger partial charge >= 0.3 is 0 Å². The van der Waals surface area contributed by atoms with Gasteiger partial charge in [0.25, 0.3) is 0 Å². The fraction of sp³-hybridized carbons (Fsp3) is 0.412. The van der Waals surface area contributed by atoms with E-state index in [2.05, 4.69) is 31.7 Å². The third kappa shape index (κ3) is 2.70. The van der Waals surface area contributed by atoms with E-state index in [-0.39, 0.29) is 11.7 Å². The Morgan fingerprint density at radius 3 is 2.86 bits per heavy atom. The van der Waals surface area contributed by atoms with Gasteiger partial charge in [-0.25, -0.2) is 4.98 Å². The van der Waals surface area contributed by atoms with Crippen LogP contribution in [0.5, 0.6) is 0 Å². The summed E-state index contributed by atoms with van der Waals surface area (Å²) >= 11 is 0. The molecule has 1 fully saturated rings. The first-order valence-corrected chi connectivity index (χ1v) is 7.21. The van der Waals surface area contributed by atoms with Crippen molar-refractivity contribution in [2.45, 2.75) is 32.5 Å². The van der Waals surface area contributed by atoms with Crippen LogP contribution in [-0.4, -0.2) is 29.8 Å². The second-order valence-electron chi connectivity index (χ2n) is 6.23. The maximum absolute atomic E-state index is 9.46. The molecule has 0 saturated carbocycles. The quantitative estimate of drug-likeness (QED) is 0.806. The predicted octanol–water partition coefficient (Wildman–Crippen LogP) is 3.11. The molecule has 1 aromatic heterocycles. The summed E-state index contributed by atoms with van der Waals surface area (Å²) in [5.74, 6) is 0.763. The molecule has 0 aliphatic carbocycles. The molecule has 1 aliphatic rings. The van der Waals surface area contributed by atoms with Gasteiger partial charge in [-0.15, -0.1) is 0 Å². The number of hydrogen-bond donors (Lipinski definition) is 0. The number of nitrogens with zero attached hydrogens (tertiary/aromatic N) is 3. The van der Waals surface area contributed by atoms with Crippen LogP contribution < -0.4 is 4.90 Å². The summed E-state index contributed by atoms with van der Waals surface area (Å²) in [6.07, 6.45) is 0.119. The fourth-order valence-electron chi connectivity index (χ4n) is 3.04. The number of fused-ring (bicyclic) bond motifs is 1. The number of aromatic nitrogens is 1. The largest absolute Gasteiger partial charge is 0.369 e. The van der Waals surface area contributed by atoms with E-state index in [4.69, 9.17) is 9.72 Å². The Labute approximate surface area is 125 Å². The predicted molar refractivity (Wildman–Crippen MR) is 83.3 cm³/mol. The lowest BCUT2D eigenvalue weighted by Gasteiger charge is -2.42. The van der Waals surface area contributed by atoms with E-state index in [1.807, 2.05) is 30.3 Å². The van der Waals surface area contributed by atoms with E-state index < -0.39 is 0 Å². The lowest BCUT2D eigenvalue weighted by atomic mass is 10.0. The van der Waals surface area contributed by atoms with Gasteiger partial charge in [-0.1, -0.05) is 18.2 Å². The van der Waals surface area contributed by atoms with Gasteiger partial charge in [0.05, 0.1) is 22.8 Å². The van der Waals surface area contributed by atoms with Crippen molar-refractivity contribution in [1.82, 2.24) is 4.98 Å². The summed E-state index contributed by atoms with van der Waals surface area (Å²) in [6.45, 7) is 7.69. The highest BCUT2D eigenvalue weighted by Gasteiger charge is 2.33. The van der Waals surface area contributed by atoms with Crippen molar-refractivity contribution in [3.8, 4) is 6.07 Å². The van der Waals surface area contributed by atoms with E-state index in [1.165, 1.54) is 0 Å². The fourth-order valence-corrected chi connectivity index (χ4v) is 3.04. The first-order valence-electron chi connectivity index (χ1n) is 7.21. The zero-order valence-electron chi connectivity index (χ0n) is 12.6. The number of nitriles is 1. The van der Waals surface area contributed by atoms with Gasteiger partial charge in [-0.05, 0) is 32.9 Å². The van der Waals surface area contributed by atoms with Crippen LogP contribution in [0, 0.1) is 11.3 Å². The molecule has 1 saturated heterocycles. The third-order valence-corrected chi connectivity index (χ3v) is 3.69. The van der Waals surface area contributed by atoms with Crippen LogP contribution in [-0.2, 0) is 4.74 Å². The van der Waals surface area contributed by atoms with Crippen molar-refractivity contribution in [1.29, 1.82) is 5.26 Å². The number of pyridine rings is 1. The average molecular weight is 281 g/mol. The number of para-hydroxylation sites is 1. The molecule has 4 nitrogen and oxygen atoms in total. The molecule has 3 rings (SSSR count). The van der Waals surface area contributed by atoms with Gasteiger partial charge in [0.2, 0.25) is 0 Å². The molecule has 108 valence electrons. The number of rotatable bonds is 1. The molecule has 0 radical (unpaired) electrons. The second-order valence-corrected chi connectivity index (χ2v) is 6.23. The van der Waals surface area contributed by atoms with E-state index in [0.29, 0.717) is 5.56 Å². The molecular weight excluding hydrogens is 262 g/mol. The lowest BCUT2D eigenvalue weighted by Crippen LogP contribution is -2.52. The first kappa shape index (κ1) is 13.8. The van der Waals surface area contributed by atoms with Crippen LogP contribution >= 0.6 is 0 Å². The van der Waals surface area contributed by atoms with Gasteiger partial charge in [-0.3, -0.25) is 0 Å². The van der Waals surface area contributed by atoms with Gasteiger partial charge in [0, 0.05) is 18.5 Å². The monoisotopic (exact) mass is 281 g/mol. The summed E-state index contributed by atoms with van der Waals surface area (Å²) in [5.41, 5.74) is 1.31. The van der Waals surface area contributed by atoms with Crippen molar-refractivity contribution in [2.75, 3.05) is 18.0 Å². The van der Waals surface area contributed by atoms with Crippen molar-refractivity contribution in [3.05, 3.63) is 35.9 Å². The zero-order chi connectivity index (χ0) is 15.0. The summed E-state index contributed by atoms with van der Waals surface area (Å²) in [6, 6.07) is 12.1. The Balaban J connectivity index is 2.08. The molecule has 21 heavy (non-hydrogen) atoms. The van der Waals surface area contributed by atoms with Crippen LogP contribution in [0.4, 0.5) is 5.82 Å². The molecule has 1 aromatic carbocycles. The van der Waals surface area contributed by atoms with Crippen molar-refractivity contribution in [2.24, 2.45) is 0 Å². The number of benzene rings is 1. The Morgan fingerprint density at radius 2 is 2.14 bits per heavy atom. The van der Waals surface area contributed by atoms with Crippen LogP contribution in [0.25, 0.3) is 10.9 Å². The minimum Gasteiger partial charge on any atom is -0.369 e. The molecule has 4 heteroatoms.